The molecule has 0 aliphatic carbocycles. The molecule has 0 radical (unpaired) electrons. The molecule has 12 heteroatoms. The molecule has 4 bridgehead atoms. The Bertz CT molecular complexity index is 6020. The lowest BCUT2D eigenvalue weighted by Gasteiger charge is -2.32. The van der Waals surface area contributed by atoms with Crippen LogP contribution in [-0.4, -0.2) is 69.8 Å². The summed E-state index contributed by atoms with van der Waals surface area (Å²) in [7, 11) is -0.792. The van der Waals surface area contributed by atoms with E-state index in [1.165, 1.54) is 22.3 Å². The number of terminal acetylenes is 3. The molecule has 10 nitrogen and oxygen atoms in total. The molecule has 534 valence electrons. The molecule has 0 N–H and O–H groups in total. The summed E-state index contributed by atoms with van der Waals surface area (Å²) in [6, 6.07) is 13.0. The standard InChI is InChI=1S/C30H2.C29H4.2C21H30BNO4/c1-3-5-7-9-11-13-15-17-19-21-23-25-27-29-30-28-26-24-22-20-18-16-14-12-10-8-6-4-2;1-3-5-7-9-11-13-15-17-19-21-23-25-27-29-28-26-24-22-20-18-16-14-12-10-8-6-4-2;1-19(2,3)25-18(24)23-16-10-11-17(23)15-12-13(8-9-14(15)16)22-26-20(4,5)21(6,7)27-22;1-19(2,3)25-18(24)23-15-11-12-16(23)17-13(15)9-8-10-14(17)22-26-20(4,5)21(6,7)27-22/h1-2H;1H,2H3;8-9,12,16-17H,10-11H2,1-7H3;8-10,15-16H,11-12H2,1-7H3. The highest BCUT2D eigenvalue weighted by Gasteiger charge is 2.57. The summed E-state index contributed by atoms with van der Waals surface area (Å²) in [6.07, 6.45) is 18.2. The summed E-state index contributed by atoms with van der Waals surface area (Å²) in [4.78, 5) is 29.5. The van der Waals surface area contributed by atoms with Gasteiger partial charge in [0.15, 0.2) is 0 Å². The molecule has 0 spiro atoms. The van der Waals surface area contributed by atoms with Gasteiger partial charge in [-0.1, -0.05) is 42.3 Å². The summed E-state index contributed by atoms with van der Waals surface area (Å²) in [6.45, 7) is 29.7. The zero-order chi connectivity index (χ0) is 82.4. The van der Waals surface area contributed by atoms with Crippen LogP contribution in [0, 0.1) is 345 Å². The molecule has 6 heterocycles. The third kappa shape index (κ3) is 29.5. The van der Waals surface area contributed by atoms with Gasteiger partial charge in [0.25, 0.3) is 0 Å². The van der Waals surface area contributed by atoms with Crippen molar-refractivity contribution in [2.45, 2.75) is 187 Å². The highest BCUT2D eigenvalue weighted by atomic mass is 16.7. The Kier molecular flexibility index (Phi) is 35.0. The van der Waals surface area contributed by atoms with E-state index in [2.05, 4.69) is 411 Å². The fourth-order valence-electron chi connectivity index (χ4n) is 10.4. The van der Waals surface area contributed by atoms with Crippen LogP contribution in [0.2, 0.25) is 0 Å². The SMILES string of the molecule is C#CC#CC#CC#CC#CC#CC#CC#CC#CC#CC#CC#CC#CC#CC.C#CC#CC#CC#CC#CC#CC#CC#CC#CC#CC#CC#CC#CC#CC#C.CC(C)(C)OC(=O)N1C2CCC1c1c(B3OC(C)(C)C(C)(C)O3)cccc12.CC(C)(C)OC(=O)N1C2CCC1c1cc(B3OC(C)(C)C(C)(C)O3)ccc12. The first-order valence-electron chi connectivity index (χ1n) is 34.4. The minimum atomic E-state index is -0.500. The average Bonchev–Trinajstić information content (AvgIpc) is 1.57. The van der Waals surface area contributed by atoms with Gasteiger partial charge in [0.1, 0.15) is 11.2 Å². The first-order valence-corrected chi connectivity index (χ1v) is 34.4. The molecule has 4 saturated heterocycles. The van der Waals surface area contributed by atoms with Crippen LogP contribution in [0.5, 0.6) is 0 Å². The Labute approximate surface area is 671 Å². The highest BCUT2D eigenvalue weighted by Crippen LogP contribution is 2.55. The number of rotatable bonds is 2. The summed E-state index contributed by atoms with van der Waals surface area (Å²) in [5.74, 6) is 135. The van der Waals surface area contributed by atoms with Crippen molar-refractivity contribution < 1.29 is 37.7 Å². The summed E-state index contributed by atoms with van der Waals surface area (Å²) < 4.78 is 36.4. The predicted octanol–water partition coefficient (Wildman–Crippen LogP) is 9.21. The van der Waals surface area contributed by atoms with E-state index in [4.69, 9.17) is 47.4 Å². The summed E-state index contributed by atoms with van der Waals surface area (Å²) in [5.41, 5.74) is 4.43. The third-order valence-corrected chi connectivity index (χ3v) is 16.1. The lowest BCUT2D eigenvalue weighted by atomic mass is 9.72. The smallest absolute Gasteiger partial charge is 0.444 e. The normalized spacial score (nSPS) is 15.3. The van der Waals surface area contributed by atoms with Gasteiger partial charge < -0.3 is 28.1 Å². The second kappa shape index (κ2) is 45.0. The largest absolute Gasteiger partial charge is 0.495 e. The van der Waals surface area contributed by atoms with Crippen molar-refractivity contribution in [1.29, 1.82) is 0 Å². The van der Waals surface area contributed by atoms with Crippen LogP contribution in [0.3, 0.4) is 0 Å². The van der Waals surface area contributed by atoms with Crippen LogP contribution in [0.25, 0.3) is 0 Å². The zero-order valence-corrected chi connectivity index (χ0v) is 65.1. The average molecular weight is 1460 g/mol. The molecule has 4 atom stereocenters. The lowest BCUT2D eigenvalue weighted by Crippen LogP contribution is -2.41. The molecular weight excluding hydrogens is 1390 g/mol. The molecule has 2 aromatic rings. The van der Waals surface area contributed by atoms with Crippen LogP contribution in [0.4, 0.5) is 9.59 Å². The minimum absolute atomic E-state index is 0.0371. The van der Waals surface area contributed by atoms with Gasteiger partial charge in [0, 0.05) is 130 Å². The number of ether oxygens (including phenoxy) is 2. The number of carbonyl (C=O) groups excluding carboxylic acids is 2. The van der Waals surface area contributed by atoms with Gasteiger partial charge in [-0.05, 0) is 352 Å². The van der Waals surface area contributed by atoms with Crippen LogP contribution < -0.4 is 10.9 Å². The van der Waals surface area contributed by atoms with Crippen molar-refractivity contribution in [3.63, 3.8) is 0 Å². The van der Waals surface area contributed by atoms with Crippen molar-refractivity contribution in [3.05, 3.63) is 58.7 Å². The Balaban J connectivity index is 0.000000269. The number of carbonyl (C=O) groups is 2. The maximum atomic E-state index is 12.9. The monoisotopic (exact) mass is 1460 g/mol. The molecule has 6 aliphatic heterocycles. The van der Waals surface area contributed by atoms with Gasteiger partial charge in [-0.3, -0.25) is 9.80 Å². The van der Waals surface area contributed by atoms with Crippen molar-refractivity contribution in [1.82, 2.24) is 9.80 Å². The fourth-order valence-corrected chi connectivity index (χ4v) is 10.4. The van der Waals surface area contributed by atoms with E-state index < -0.39 is 18.3 Å². The maximum Gasteiger partial charge on any atom is 0.495 e. The van der Waals surface area contributed by atoms with Gasteiger partial charge in [-0.25, -0.2) is 9.59 Å². The molecule has 4 fully saturated rings. The Hall–Kier alpha value is -15.8. The lowest BCUT2D eigenvalue weighted by molar-refractivity contribution is 0.00578. The number of benzene rings is 2. The molecule has 2 amide bonds. The molecule has 0 aromatic heterocycles. The molecule has 8 rings (SSSR count). The maximum absolute atomic E-state index is 12.9. The van der Waals surface area contributed by atoms with E-state index in [1.807, 2.05) is 57.4 Å². The number of amides is 2. The van der Waals surface area contributed by atoms with Crippen LogP contribution >= 0.6 is 0 Å². The number of hydrogen-bond donors (Lipinski definition) is 0. The first-order chi connectivity index (χ1) is 54.1. The number of nitrogens with zero attached hydrogens (tertiary/aromatic N) is 2. The van der Waals surface area contributed by atoms with Gasteiger partial charge in [-0.15, -0.1) is 19.3 Å². The Morgan fingerprint density at radius 3 is 0.876 bits per heavy atom. The summed E-state index contributed by atoms with van der Waals surface area (Å²) in [5, 5.41) is 0. The van der Waals surface area contributed by atoms with E-state index in [-0.39, 0.29) is 65.9 Å². The molecule has 0 saturated carbocycles. The van der Waals surface area contributed by atoms with Crippen molar-refractivity contribution in [3.8, 4) is 345 Å². The zero-order valence-electron chi connectivity index (χ0n) is 65.1. The molecule has 113 heavy (non-hydrogen) atoms. The van der Waals surface area contributed by atoms with Crippen molar-refractivity contribution >= 4 is 37.3 Å². The van der Waals surface area contributed by atoms with Crippen LogP contribution in [0.1, 0.15) is 176 Å². The molecule has 6 aliphatic rings. The number of fused-ring (bicyclic) bond motifs is 10. The topological polar surface area (TPSA) is 96.0 Å². The van der Waals surface area contributed by atoms with E-state index >= 15 is 0 Å². The molecule has 4 unspecified atom stereocenters. The van der Waals surface area contributed by atoms with Crippen molar-refractivity contribution in [2.75, 3.05) is 0 Å². The minimum Gasteiger partial charge on any atom is -0.444 e. The van der Waals surface area contributed by atoms with Gasteiger partial charge in [-0.2, -0.15) is 0 Å². The van der Waals surface area contributed by atoms with Crippen molar-refractivity contribution in [2.24, 2.45) is 0 Å². The third-order valence-electron chi connectivity index (χ3n) is 16.1. The highest BCUT2D eigenvalue weighted by molar-refractivity contribution is 6.63. The quantitative estimate of drug-likeness (QED) is 0.217. The van der Waals surface area contributed by atoms with E-state index in [9.17, 15) is 9.59 Å². The Morgan fingerprint density at radius 2 is 0.593 bits per heavy atom. The second-order valence-electron chi connectivity index (χ2n) is 27.0. The van der Waals surface area contributed by atoms with Crippen LogP contribution in [-0.2, 0) is 28.1 Å². The Morgan fingerprint density at radius 1 is 0.345 bits per heavy atom. The van der Waals surface area contributed by atoms with E-state index in [1.54, 1.807) is 6.92 Å². The summed E-state index contributed by atoms with van der Waals surface area (Å²) >= 11 is 0. The van der Waals surface area contributed by atoms with Gasteiger partial charge >= 0.3 is 26.4 Å². The van der Waals surface area contributed by atoms with Gasteiger partial charge in [0.2, 0.25) is 0 Å². The fraction of sp³-hybridized carbons (Fsp3) is 0.287. The second-order valence-corrected chi connectivity index (χ2v) is 27.0. The number of hydrogen-bond acceptors (Lipinski definition) is 8. The predicted molar refractivity (Wildman–Crippen MR) is 444 cm³/mol. The first kappa shape index (κ1) is 87.8. The van der Waals surface area contributed by atoms with Gasteiger partial charge in [0.05, 0.1) is 46.6 Å². The van der Waals surface area contributed by atoms with E-state index in [0.29, 0.717) is 0 Å². The molecular formula is C101H66B2N2O8. The van der Waals surface area contributed by atoms with E-state index in [0.717, 1.165) is 36.6 Å². The molecule has 2 aromatic carbocycles. The van der Waals surface area contributed by atoms with Crippen LogP contribution in [0.15, 0.2) is 36.4 Å².